The van der Waals surface area contributed by atoms with Gasteiger partial charge in [0.15, 0.2) is 22.4 Å². The number of nitrogens with one attached hydrogen (secondary N) is 1. The number of benzene rings is 2. The number of fused-ring (bicyclic) bond motifs is 3. The number of aryl methyl sites for hydroxylation is 1. The number of rotatable bonds is 18. The Bertz CT molecular complexity index is 2190. The highest BCUT2D eigenvalue weighted by Gasteiger charge is 2.19. The van der Waals surface area contributed by atoms with Crippen molar-refractivity contribution in [1.29, 1.82) is 0 Å². The van der Waals surface area contributed by atoms with Crippen LogP contribution in [0.3, 0.4) is 0 Å². The standard InChI is InChI=1S/C35H41ClN10O4S2/c1-4-16-51-35-42-31(28(37)32(43-35)45(38)19-22-8-10-24(36)11-9-22)39-12-13-49-14-15-50-21-27-41-33-30(52-27)26-18-40-46(34(47)29(26)44(33)2)20-23-6-5-7-25(17-23)48-3/h5-11,17-18H,4,12-16,19-21,37-38H2,1-3H3,(H,39,42,43). The molecule has 0 unspecified atom stereocenters. The third-order valence-electron chi connectivity index (χ3n) is 8.05. The largest absolute Gasteiger partial charge is 0.497 e. The van der Waals surface area contributed by atoms with Gasteiger partial charge in [0.1, 0.15) is 22.0 Å². The number of thioether (sulfide) groups is 1. The second kappa shape index (κ2) is 17.4. The van der Waals surface area contributed by atoms with E-state index in [0.717, 1.165) is 49.8 Å². The lowest BCUT2D eigenvalue weighted by Gasteiger charge is -2.21. The number of anilines is 3. The van der Waals surface area contributed by atoms with E-state index in [0.29, 0.717) is 79.1 Å². The summed E-state index contributed by atoms with van der Waals surface area (Å²) < 4.78 is 21.2. The fraction of sp³-hybridized carbons (Fsp3) is 0.343. The smallest absolute Gasteiger partial charge is 0.291 e. The fourth-order valence-corrected chi connectivity index (χ4v) is 7.35. The topological polar surface area (TPSA) is 173 Å². The number of hydrazine groups is 1. The van der Waals surface area contributed by atoms with Crippen molar-refractivity contribution in [1.82, 2.24) is 29.3 Å². The molecule has 0 aliphatic heterocycles. The van der Waals surface area contributed by atoms with Gasteiger partial charge in [0.05, 0.1) is 57.5 Å². The van der Waals surface area contributed by atoms with Crippen LogP contribution in [-0.4, -0.2) is 68.5 Å². The Labute approximate surface area is 314 Å². The minimum absolute atomic E-state index is 0.174. The monoisotopic (exact) mass is 764 g/mol. The van der Waals surface area contributed by atoms with Crippen molar-refractivity contribution in [3.05, 3.63) is 86.2 Å². The van der Waals surface area contributed by atoms with Crippen LogP contribution in [0.25, 0.3) is 21.3 Å². The van der Waals surface area contributed by atoms with E-state index in [4.69, 9.17) is 42.4 Å². The van der Waals surface area contributed by atoms with E-state index in [9.17, 15) is 4.79 Å². The van der Waals surface area contributed by atoms with Crippen LogP contribution in [0.1, 0.15) is 29.5 Å². The first kappa shape index (κ1) is 37.3. The van der Waals surface area contributed by atoms with E-state index in [1.807, 2.05) is 60.1 Å². The lowest BCUT2D eigenvalue weighted by molar-refractivity contribution is 0.0441. The molecule has 0 amide bonds. The molecule has 0 aliphatic carbocycles. The normalized spacial score (nSPS) is 11.5. The van der Waals surface area contributed by atoms with E-state index in [1.165, 1.54) is 21.0 Å². The van der Waals surface area contributed by atoms with Gasteiger partial charge in [-0.15, -0.1) is 11.3 Å². The van der Waals surface area contributed by atoms with Crippen molar-refractivity contribution in [2.45, 2.75) is 38.2 Å². The molecule has 6 rings (SSSR count). The molecule has 274 valence electrons. The van der Waals surface area contributed by atoms with Crippen molar-refractivity contribution in [2.75, 3.05) is 55.3 Å². The van der Waals surface area contributed by atoms with Crippen LogP contribution in [0.4, 0.5) is 17.3 Å². The molecule has 17 heteroatoms. The summed E-state index contributed by atoms with van der Waals surface area (Å²) in [5, 5.41) is 12.1. The molecule has 4 heterocycles. The number of aromatic nitrogens is 6. The average molecular weight is 765 g/mol. The first-order valence-corrected chi connectivity index (χ1v) is 18.9. The number of ether oxygens (including phenoxy) is 3. The maximum Gasteiger partial charge on any atom is 0.291 e. The van der Waals surface area contributed by atoms with E-state index in [1.54, 1.807) is 25.1 Å². The number of methoxy groups -OCH3 is 1. The summed E-state index contributed by atoms with van der Waals surface area (Å²) in [5.41, 5.74) is 9.85. The Morgan fingerprint density at radius 3 is 2.65 bits per heavy atom. The molecule has 0 saturated carbocycles. The fourth-order valence-electron chi connectivity index (χ4n) is 5.48. The minimum Gasteiger partial charge on any atom is -0.497 e. The molecule has 2 aromatic carbocycles. The summed E-state index contributed by atoms with van der Waals surface area (Å²) in [6, 6.07) is 15.1. The summed E-state index contributed by atoms with van der Waals surface area (Å²) in [4.78, 5) is 27.4. The number of nitrogens with zero attached hydrogens (tertiary/aromatic N) is 7. The highest BCUT2D eigenvalue weighted by atomic mass is 35.5. The van der Waals surface area contributed by atoms with Crippen molar-refractivity contribution >= 4 is 73.3 Å². The van der Waals surface area contributed by atoms with Crippen molar-refractivity contribution in [3.63, 3.8) is 0 Å². The Morgan fingerprint density at radius 1 is 1.06 bits per heavy atom. The van der Waals surface area contributed by atoms with Gasteiger partial charge in [-0.1, -0.05) is 54.6 Å². The maximum atomic E-state index is 13.4. The highest BCUT2D eigenvalue weighted by molar-refractivity contribution is 7.99. The molecule has 0 spiro atoms. The molecule has 5 N–H and O–H groups in total. The third-order valence-corrected chi connectivity index (χ3v) is 10.4. The molecule has 0 aliphatic rings. The van der Waals surface area contributed by atoms with Gasteiger partial charge in [-0.3, -0.25) is 9.80 Å². The second-order valence-electron chi connectivity index (χ2n) is 11.8. The van der Waals surface area contributed by atoms with Gasteiger partial charge in [-0.05, 0) is 41.8 Å². The SMILES string of the molecule is CCCSc1nc(NCCOCCOCc2nc3c(s2)c2cnn(Cc4cccc(OC)c4)c(=O)c2n3C)c(N)c(N(N)Cc2ccc(Cl)cc2)n1. The summed E-state index contributed by atoms with van der Waals surface area (Å²) in [6.45, 7) is 4.83. The summed E-state index contributed by atoms with van der Waals surface area (Å²) >= 11 is 9.08. The van der Waals surface area contributed by atoms with Crippen LogP contribution in [0.5, 0.6) is 5.75 Å². The summed E-state index contributed by atoms with van der Waals surface area (Å²) in [7, 11) is 3.47. The molecular formula is C35H41ClN10O4S2. The van der Waals surface area contributed by atoms with E-state index >= 15 is 0 Å². The molecular weight excluding hydrogens is 724 g/mol. The van der Waals surface area contributed by atoms with E-state index in [-0.39, 0.29) is 5.56 Å². The number of hydrogen-bond acceptors (Lipinski definition) is 14. The van der Waals surface area contributed by atoms with E-state index in [2.05, 4.69) is 27.3 Å². The van der Waals surface area contributed by atoms with E-state index < -0.39 is 0 Å². The number of nitrogen functional groups attached to an aromatic ring is 1. The molecule has 4 aromatic heterocycles. The van der Waals surface area contributed by atoms with Gasteiger partial charge in [0.2, 0.25) is 0 Å². The number of thiazole rings is 1. The lowest BCUT2D eigenvalue weighted by atomic mass is 10.2. The third kappa shape index (κ3) is 8.77. The molecule has 14 nitrogen and oxygen atoms in total. The lowest BCUT2D eigenvalue weighted by Crippen LogP contribution is -2.32. The van der Waals surface area contributed by atoms with Gasteiger partial charge in [-0.2, -0.15) is 5.10 Å². The quantitative estimate of drug-likeness (QED) is 0.0332. The van der Waals surface area contributed by atoms with Gasteiger partial charge in [0.25, 0.3) is 5.56 Å². The van der Waals surface area contributed by atoms with Crippen LogP contribution in [0.2, 0.25) is 5.02 Å². The first-order valence-electron chi connectivity index (χ1n) is 16.7. The molecule has 0 atom stereocenters. The van der Waals surface area contributed by atoms with Crippen molar-refractivity contribution in [3.8, 4) is 5.75 Å². The predicted molar refractivity (Wildman–Crippen MR) is 208 cm³/mol. The van der Waals surface area contributed by atoms with Crippen molar-refractivity contribution in [2.24, 2.45) is 12.9 Å². The molecule has 0 saturated heterocycles. The van der Waals surface area contributed by atoms with Crippen LogP contribution < -0.4 is 32.2 Å². The zero-order valence-corrected chi connectivity index (χ0v) is 31.6. The minimum atomic E-state index is -0.174. The molecule has 6 aromatic rings. The average Bonchev–Trinajstić information content (AvgIpc) is 3.68. The predicted octanol–water partition coefficient (Wildman–Crippen LogP) is 5.45. The molecule has 0 radical (unpaired) electrons. The number of hydrogen-bond donors (Lipinski definition) is 3. The van der Waals surface area contributed by atoms with Gasteiger partial charge < -0.3 is 29.8 Å². The first-order chi connectivity index (χ1) is 25.2. The van der Waals surface area contributed by atoms with Gasteiger partial charge in [-0.25, -0.2) is 25.5 Å². The van der Waals surface area contributed by atoms with Crippen LogP contribution in [0, 0.1) is 0 Å². The van der Waals surface area contributed by atoms with Gasteiger partial charge >= 0.3 is 0 Å². The Kier molecular flexibility index (Phi) is 12.5. The molecule has 0 fully saturated rings. The zero-order valence-electron chi connectivity index (χ0n) is 29.2. The van der Waals surface area contributed by atoms with Gasteiger partial charge in [0, 0.05) is 29.8 Å². The Hall–Kier alpha value is -4.45. The second-order valence-corrected chi connectivity index (χ2v) is 14.4. The Morgan fingerprint density at radius 2 is 1.87 bits per heavy atom. The number of nitrogens with two attached hydrogens (primary N) is 2. The highest BCUT2D eigenvalue weighted by Crippen LogP contribution is 2.32. The Balaban J connectivity index is 0.990. The maximum absolute atomic E-state index is 13.4. The van der Waals surface area contributed by atoms with Crippen LogP contribution in [-0.2, 0) is 36.2 Å². The molecule has 52 heavy (non-hydrogen) atoms. The van der Waals surface area contributed by atoms with Crippen molar-refractivity contribution < 1.29 is 14.2 Å². The van der Waals surface area contributed by atoms with Crippen LogP contribution in [0.15, 0.2) is 64.7 Å². The summed E-state index contributed by atoms with van der Waals surface area (Å²) in [5.74, 6) is 8.96. The number of halogens is 1. The zero-order chi connectivity index (χ0) is 36.6. The molecule has 0 bridgehead atoms. The summed E-state index contributed by atoms with van der Waals surface area (Å²) in [6.07, 6.45) is 2.71. The van der Waals surface area contributed by atoms with Crippen LogP contribution >= 0.6 is 34.7 Å².